The average Bonchev–Trinajstić information content (AvgIpc) is 3.65. The summed E-state index contributed by atoms with van der Waals surface area (Å²) in [7, 11) is 0. The Bertz CT molecular complexity index is 2650. The zero-order valence-electron chi connectivity index (χ0n) is 24.9. The Morgan fingerprint density at radius 2 is 0.935 bits per heavy atom. The van der Waals surface area contributed by atoms with Gasteiger partial charge in [0.15, 0.2) is 0 Å². The fourth-order valence-electron chi connectivity index (χ4n) is 7.27. The number of aromatic nitrogens is 2. The van der Waals surface area contributed by atoms with Gasteiger partial charge in [-0.1, -0.05) is 115 Å². The van der Waals surface area contributed by atoms with Crippen molar-refractivity contribution < 1.29 is 0 Å². The van der Waals surface area contributed by atoms with Crippen molar-refractivity contribution >= 4 is 43.6 Å². The van der Waals surface area contributed by atoms with Crippen LogP contribution in [0.2, 0.25) is 0 Å². The maximum Gasteiger partial charge on any atom is 0.0992 e. The molecule has 0 saturated heterocycles. The van der Waals surface area contributed by atoms with Gasteiger partial charge in [-0.15, -0.1) is 0 Å². The van der Waals surface area contributed by atoms with Crippen LogP contribution in [0, 0.1) is 11.3 Å². The summed E-state index contributed by atoms with van der Waals surface area (Å²) in [6.07, 6.45) is 0. The van der Waals surface area contributed by atoms with Crippen LogP contribution < -0.4 is 0 Å². The molecule has 0 fully saturated rings. The zero-order chi connectivity index (χ0) is 30.6. The first-order valence-electron chi connectivity index (χ1n) is 15.5. The van der Waals surface area contributed by atoms with Gasteiger partial charge < -0.3 is 9.13 Å². The Kier molecular flexibility index (Phi) is 5.88. The van der Waals surface area contributed by atoms with Crippen molar-refractivity contribution in [3.05, 3.63) is 169 Å². The standard InChI is InChI=1S/C43H27N3/c44-28-29-13-10-16-31(27-29)45-40-25-9-7-20-38(40)42-35(21-12-26-41(42)45)32-17-4-5-18-33(32)36-22-11-23-37-34-19-6-8-24-39(34)46(43(36)37)30-14-2-1-3-15-30/h1-27H. The Labute approximate surface area is 266 Å². The lowest BCUT2D eigenvalue weighted by atomic mass is 9.91. The van der Waals surface area contributed by atoms with Crippen LogP contribution in [-0.4, -0.2) is 9.13 Å². The van der Waals surface area contributed by atoms with Crippen molar-refractivity contribution in [2.75, 3.05) is 0 Å². The van der Waals surface area contributed by atoms with Gasteiger partial charge in [-0.25, -0.2) is 0 Å². The summed E-state index contributed by atoms with van der Waals surface area (Å²) in [5.41, 5.74) is 12.1. The molecule has 0 saturated carbocycles. The fourth-order valence-corrected chi connectivity index (χ4v) is 7.27. The van der Waals surface area contributed by atoms with E-state index >= 15 is 0 Å². The molecule has 0 N–H and O–H groups in total. The smallest absolute Gasteiger partial charge is 0.0992 e. The zero-order valence-corrected chi connectivity index (χ0v) is 24.9. The van der Waals surface area contributed by atoms with E-state index in [0.717, 1.165) is 22.4 Å². The van der Waals surface area contributed by atoms with E-state index in [0.29, 0.717) is 5.56 Å². The molecule has 0 aliphatic carbocycles. The molecule has 0 spiro atoms. The van der Waals surface area contributed by atoms with Crippen molar-refractivity contribution in [3.63, 3.8) is 0 Å². The molecule has 3 heteroatoms. The second-order valence-corrected chi connectivity index (χ2v) is 11.6. The van der Waals surface area contributed by atoms with Crippen LogP contribution in [0.1, 0.15) is 5.56 Å². The molecule has 0 aliphatic heterocycles. The highest BCUT2D eigenvalue weighted by Gasteiger charge is 2.21. The van der Waals surface area contributed by atoms with Crippen molar-refractivity contribution in [3.8, 4) is 39.7 Å². The van der Waals surface area contributed by atoms with Crippen molar-refractivity contribution in [2.45, 2.75) is 0 Å². The van der Waals surface area contributed by atoms with Crippen LogP contribution in [0.3, 0.4) is 0 Å². The Morgan fingerprint density at radius 3 is 1.74 bits per heavy atom. The maximum atomic E-state index is 9.67. The lowest BCUT2D eigenvalue weighted by molar-refractivity contribution is 1.18. The highest BCUT2D eigenvalue weighted by atomic mass is 15.0. The molecule has 214 valence electrons. The maximum absolute atomic E-state index is 9.67. The molecule has 0 atom stereocenters. The summed E-state index contributed by atoms with van der Waals surface area (Å²) >= 11 is 0. The molecule has 7 aromatic carbocycles. The Balaban J connectivity index is 1.37. The van der Waals surface area contributed by atoms with E-state index in [2.05, 4.69) is 161 Å². The van der Waals surface area contributed by atoms with E-state index in [1.54, 1.807) is 0 Å². The van der Waals surface area contributed by atoms with E-state index in [-0.39, 0.29) is 0 Å². The molecule has 0 aliphatic rings. The predicted molar refractivity (Wildman–Crippen MR) is 191 cm³/mol. The molecule has 9 aromatic rings. The summed E-state index contributed by atoms with van der Waals surface area (Å²) in [6.45, 7) is 0. The monoisotopic (exact) mass is 585 g/mol. The van der Waals surface area contributed by atoms with Gasteiger partial charge in [0.25, 0.3) is 0 Å². The van der Waals surface area contributed by atoms with Gasteiger partial charge in [-0.05, 0) is 65.2 Å². The normalized spacial score (nSPS) is 11.5. The van der Waals surface area contributed by atoms with Gasteiger partial charge in [-0.3, -0.25) is 0 Å². The third kappa shape index (κ3) is 3.84. The molecule has 9 rings (SSSR count). The van der Waals surface area contributed by atoms with Crippen molar-refractivity contribution in [1.82, 2.24) is 9.13 Å². The summed E-state index contributed by atoms with van der Waals surface area (Å²) in [5.74, 6) is 0. The van der Waals surface area contributed by atoms with Gasteiger partial charge >= 0.3 is 0 Å². The van der Waals surface area contributed by atoms with Crippen molar-refractivity contribution in [1.29, 1.82) is 5.26 Å². The number of para-hydroxylation sites is 4. The first-order chi connectivity index (χ1) is 22.8. The third-order valence-corrected chi connectivity index (χ3v) is 9.15. The molecular weight excluding hydrogens is 558 g/mol. The molecule has 0 radical (unpaired) electrons. The lowest BCUT2D eigenvalue weighted by Crippen LogP contribution is -1.96. The van der Waals surface area contributed by atoms with Gasteiger partial charge in [0, 0.05) is 38.5 Å². The van der Waals surface area contributed by atoms with Crippen LogP contribution in [0.5, 0.6) is 0 Å². The number of fused-ring (bicyclic) bond motifs is 6. The van der Waals surface area contributed by atoms with E-state index < -0.39 is 0 Å². The summed E-state index contributed by atoms with van der Waals surface area (Å²) < 4.78 is 4.69. The van der Waals surface area contributed by atoms with E-state index in [1.807, 2.05) is 18.2 Å². The fraction of sp³-hybridized carbons (Fsp3) is 0. The molecular formula is C43H27N3. The second-order valence-electron chi connectivity index (χ2n) is 11.6. The SMILES string of the molecule is N#Cc1cccc(-n2c3ccccc3c3c(-c4ccccc4-c4cccc5c6ccccc6n(-c6ccccc6)c45)cccc32)c1. The van der Waals surface area contributed by atoms with Gasteiger partial charge in [0.1, 0.15) is 0 Å². The topological polar surface area (TPSA) is 33.6 Å². The van der Waals surface area contributed by atoms with E-state index in [1.165, 1.54) is 54.8 Å². The Morgan fingerprint density at radius 1 is 0.391 bits per heavy atom. The third-order valence-electron chi connectivity index (χ3n) is 9.15. The molecule has 46 heavy (non-hydrogen) atoms. The highest BCUT2D eigenvalue weighted by Crippen LogP contribution is 2.44. The molecule has 2 heterocycles. The number of nitrogens with zero attached hydrogens (tertiary/aromatic N) is 3. The second kappa shape index (κ2) is 10.4. The van der Waals surface area contributed by atoms with Crippen LogP contribution in [0.15, 0.2) is 164 Å². The summed E-state index contributed by atoms with van der Waals surface area (Å²) in [5, 5.41) is 14.5. The molecule has 0 bridgehead atoms. The first kappa shape index (κ1) is 26.1. The number of hydrogen-bond acceptors (Lipinski definition) is 1. The van der Waals surface area contributed by atoms with Crippen LogP contribution in [0.4, 0.5) is 0 Å². The van der Waals surface area contributed by atoms with Crippen molar-refractivity contribution in [2.24, 2.45) is 0 Å². The summed E-state index contributed by atoms with van der Waals surface area (Å²) in [4.78, 5) is 0. The van der Waals surface area contributed by atoms with E-state index in [4.69, 9.17) is 0 Å². The number of benzene rings is 7. The van der Waals surface area contributed by atoms with E-state index in [9.17, 15) is 5.26 Å². The van der Waals surface area contributed by atoms with Gasteiger partial charge in [0.05, 0.1) is 33.7 Å². The van der Waals surface area contributed by atoms with Gasteiger partial charge in [-0.2, -0.15) is 5.26 Å². The van der Waals surface area contributed by atoms with Crippen LogP contribution in [-0.2, 0) is 0 Å². The molecule has 3 nitrogen and oxygen atoms in total. The van der Waals surface area contributed by atoms with Crippen LogP contribution >= 0.6 is 0 Å². The minimum atomic E-state index is 0.645. The van der Waals surface area contributed by atoms with Crippen LogP contribution in [0.25, 0.3) is 77.2 Å². The number of hydrogen-bond donors (Lipinski definition) is 0. The molecule has 0 unspecified atom stereocenters. The minimum Gasteiger partial charge on any atom is -0.309 e. The Hall–Kier alpha value is -6.37. The quantitative estimate of drug-likeness (QED) is 0.202. The first-order valence-corrected chi connectivity index (χ1v) is 15.5. The largest absolute Gasteiger partial charge is 0.309 e. The minimum absolute atomic E-state index is 0.645. The highest BCUT2D eigenvalue weighted by molar-refractivity contribution is 6.18. The lowest BCUT2D eigenvalue weighted by Gasteiger charge is -2.16. The molecule has 2 aromatic heterocycles. The molecule has 0 amide bonds. The van der Waals surface area contributed by atoms with Gasteiger partial charge in [0.2, 0.25) is 0 Å². The average molecular weight is 586 g/mol. The predicted octanol–water partition coefficient (Wildman–Crippen LogP) is 11.1. The number of nitriles is 1. The number of rotatable bonds is 4. The summed E-state index contributed by atoms with van der Waals surface area (Å²) in [6, 6.07) is 60.2.